The minimum atomic E-state index is -0.377. The van der Waals surface area contributed by atoms with Crippen molar-refractivity contribution in [2.45, 2.75) is 24.9 Å². The van der Waals surface area contributed by atoms with Gasteiger partial charge in [0, 0.05) is 18.0 Å². The van der Waals surface area contributed by atoms with Gasteiger partial charge in [0.1, 0.15) is 0 Å². The fraction of sp³-hybridized carbons (Fsp3) is 0.571. The summed E-state index contributed by atoms with van der Waals surface area (Å²) in [7, 11) is 0. The molecule has 2 rings (SSSR count). The molecule has 3 heteroatoms. The summed E-state index contributed by atoms with van der Waals surface area (Å²) in [6.45, 7) is 0. The van der Waals surface area contributed by atoms with Crippen LogP contribution in [-0.2, 0) is 6.42 Å². The first-order valence-corrected chi connectivity index (χ1v) is 4.27. The lowest BCUT2D eigenvalue weighted by atomic mass is 10.2. The Morgan fingerprint density at radius 3 is 3.00 bits per heavy atom. The number of rotatable bonds is 2. The van der Waals surface area contributed by atoms with Crippen molar-refractivity contribution in [2.24, 2.45) is 0 Å². The van der Waals surface area contributed by atoms with E-state index in [-0.39, 0.29) is 5.60 Å². The predicted octanol–water partition coefficient (Wildman–Crippen LogP) is 1.21. The van der Waals surface area contributed by atoms with E-state index < -0.39 is 0 Å². The summed E-state index contributed by atoms with van der Waals surface area (Å²) < 4.78 is 0. The van der Waals surface area contributed by atoms with E-state index in [1.165, 1.54) is 0 Å². The summed E-state index contributed by atoms with van der Waals surface area (Å²) in [5.41, 5.74) is -0.377. The molecule has 0 atom stereocenters. The summed E-state index contributed by atoms with van der Waals surface area (Å²) in [6, 6.07) is 0. The fourth-order valence-corrected chi connectivity index (χ4v) is 1.70. The zero-order valence-corrected chi connectivity index (χ0v) is 6.40. The highest BCUT2D eigenvalue weighted by Crippen LogP contribution is 2.38. The Labute approximate surface area is 63.5 Å². The topological polar surface area (TPSA) is 33.1 Å². The van der Waals surface area contributed by atoms with Crippen molar-refractivity contribution in [1.29, 1.82) is 0 Å². The number of hydrogen-bond acceptors (Lipinski definition) is 3. The van der Waals surface area contributed by atoms with Crippen molar-refractivity contribution in [1.82, 2.24) is 4.98 Å². The molecule has 2 nitrogen and oxygen atoms in total. The van der Waals surface area contributed by atoms with E-state index >= 15 is 0 Å². The molecule has 0 bridgehead atoms. The second-order valence-corrected chi connectivity index (χ2v) is 3.81. The third kappa shape index (κ3) is 1.20. The smallest absolute Gasteiger partial charge is 0.0953 e. The van der Waals surface area contributed by atoms with Crippen LogP contribution in [0.3, 0.4) is 0 Å². The molecule has 1 aromatic rings. The monoisotopic (exact) mass is 155 g/mol. The van der Waals surface area contributed by atoms with E-state index in [0.717, 1.165) is 24.3 Å². The van der Waals surface area contributed by atoms with Crippen molar-refractivity contribution in [3.05, 3.63) is 16.6 Å². The van der Waals surface area contributed by atoms with Crippen LogP contribution in [-0.4, -0.2) is 15.7 Å². The Hall–Kier alpha value is -0.410. The molecule has 1 aliphatic rings. The van der Waals surface area contributed by atoms with Crippen LogP contribution in [0, 0.1) is 0 Å². The Morgan fingerprint density at radius 2 is 2.50 bits per heavy atom. The summed E-state index contributed by atoms with van der Waals surface area (Å²) in [4.78, 5) is 4.10. The minimum Gasteiger partial charge on any atom is -0.389 e. The van der Waals surface area contributed by atoms with Crippen LogP contribution in [0.4, 0.5) is 0 Å². The van der Waals surface area contributed by atoms with Gasteiger partial charge in [0.25, 0.3) is 0 Å². The van der Waals surface area contributed by atoms with Gasteiger partial charge in [0.15, 0.2) is 0 Å². The summed E-state index contributed by atoms with van der Waals surface area (Å²) in [5.74, 6) is 0. The predicted molar refractivity (Wildman–Crippen MR) is 40.0 cm³/mol. The van der Waals surface area contributed by atoms with Crippen molar-refractivity contribution in [2.75, 3.05) is 0 Å². The zero-order valence-electron chi connectivity index (χ0n) is 5.58. The van der Waals surface area contributed by atoms with Crippen molar-refractivity contribution < 1.29 is 5.11 Å². The van der Waals surface area contributed by atoms with Crippen LogP contribution < -0.4 is 0 Å². The quantitative estimate of drug-likeness (QED) is 0.696. The Morgan fingerprint density at radius 1 is 1.70 bits per heavy atom. The fourth-order valence-electron chi connectivity index (χ4n) is 0.943. The van der Waals surface area contributed by atoms with Crippen LogP contribution in [0.2, 0.25) is 0 Å². The van der Waals surface area contributed by atoms with E-state index in [9.17, 15) is 5.11 Å². The Bertz CT molecular complexity index is 216. The lowest BCUT2D eigenvalue weighted by molar-refractivity contribution is 0.151. The second-order valence-electron chi connectivity index (χ2n) is 2.83. The average Bonchev–Trinajstić information content (AvgIpc) is 2.47. The number of thiazole rings is 1. The third-order valence-corrected chi connectivity index (χ3v) is 2.57. The first kappa shape index (κ1) is 6.31. The maximum absolute atomic E-state index is 9.47. The molecule has 1 aliphatic carbocycles. The van der Waals surface area contributed by atoms with Crippen LogP contribution >= 0.6 is 11.3 Å². The lowest BCUT2D eigenvalue weighted by Crippen LogP contribution is -2.09. The van der Waals surface area contributed by atoms with Gasteiger partial charge in [-0.15, -0.1) is 11.3 Å². The number of aromatic nitrogens is 1. The van der Waals surface area contributed by atoms with Crippen LogP contribution in [0.15, 0.2) is 11.6 Å². The molecule has 1 N–H and O–H groups in total. The van der Waals surface area contributed by atoms with Crippen LogP contribution in [0.5, 0.6) is 0 Å². The molecule has 0 saturated heterocycles. The van der Waals surface area contributed by atoms with E-state index in [0.29, 0.717) is 0 Å². The van der Waals surface area contributed by atoms with Gasteiger partial charge in [0.05, 0.1) is 10.6 Å². The molecule has 0 unspecified atom stereocenters. The molecule has 0 aromatic carbocycles. The van der Waals surface area contributed by atoms with Crippen LogP contribution in [0.1, 0.15) is 17.8 Å². The molecule has 1 fully saturated rings. The first-order valence-electron chi connectivity index (χ1n) is 3.39. The molecule has 10 heavy (non-hydrogen) atoms. The summed E-state index contributed by atoms with van der Waals surface area (Å²) >= 11 is 1.62. The first-order chi connectivity index (χ1) is 4.79. The van der Waals surface area contributed by atoms with E-state index in [1.807, 2.05) is 5.38 Å². The third-order valence-electron chi connectivity index (χ3n) is 1.79. The number of nitrogens with zero attached hydrogens (tertiary/aromatic N) is 1. The molecule has 1 aromatic heterocycles. The molecule has 0 spiro atoms. The lowest BCUT2D eigenvalue weighted by Gasteiger charge is -2.01. The maximum Gasteiger partial charge on any atom is 0.0953 e. The SMILES string of the molecule is OC1(Cc2nccs2)CC1. The number of aliphatic hydroxyl groups is 1. The van der Waals surface area contributed by atoms with Gasteiger partial charge >= 0.3 is 0 Å². The molecule has 54 valence electrons. The average molecular weight is 155 g/mol. The van der Waals surface area contributed by atoms with E-state index in [1.54, 1.807) is 17.5 Å². The van der Waals surface area contributed by atoms with Gasteiger partial charge < -0.3 is 5.11 Å². The molecule has 0 radical (unpaired) electrons. The van der Waals surface area contributed by atoms with Gasteiger partial charge in [-0.3, -0.25) is 0 Å². The standard InChI is InChI=1S/C7H9NOS/c9-7(1-2-7)5-6-8-3-4-10-6/h3-4,9H,1-2,5H2. The second kappa shape index (κ2) is 2.04. The molecular formula is C7H9NOS. The number of hydrogen-bond donors (Lipinski definition) is 1. The van der Waals surface area contributed by atoms with E-state index in [4.69, 9.17) is 0 Å². The molecular weight excluding hydrogens is 146 g/mol. The highest BCUT2D eigenvalue weighted by Gasteiger charge is 2.40. The van der Waals surface area contributed by atoms with Gasteiger partial charge in [-0.2, -0.15) is 0 Å². The molecule has 1 saturated carbocycles. The van der Waals surface area contributed by atoms with Gasteiger partial charge in [-0.1, -0.05) is 0 Å². The highest BCUT2D eigenvalue weighted by molar-refractivity contribution is 7.09. The summed E-state index contributed by atoms with van der Waals surface area (Å²) in [5, 5.41) is 12.5. The maximum atomic E-state index is 9.47. The van der Waals surface area contributed by atoms with Gasteiger partial charge in [-0.05, 0) is 12.8 Å². The zero-order chi connectivity index (χ0) is 7.03. The summed E-state index contributed by atoms with van der Waals surface area (Å²) in [6.07, 6.45) is 4.44. The minimum absolute atomic E-state index is 0.377. The Balaban J connectivity index is 2.04. The van der Waals surface area contributed by atoms with Crippen molar-refractivity contribution >= 4 is 11.3 Å². The van der Waals surface area contributed by atoms with E-state index in [2.05, 4.69) is 4.98 Å². The van der Waals surface area contributed by atoms with Crippen molar-refractivity contribution in [3.63, 3.8) is 0 Å². The largest absolute Gasteiger partial charge is 0.389 e. The van der Waals surface area contributed by atoms with Crippen molar-refractivity contribution in [3.8, 4) is 0 Å². The Kier molecular flexibility index (Phi) is 1.28. The molecule has 0 amide bonds. The highest BCUT2D eigenvalue weighted by atomic mass is 32.1. The molecule has 1 heterocycles. The molecule has 0 aliphatic heterocycles. The normalized spacial score (nSPS) is 20.9. The van der Waals surface area contributed by atoms with Gasteiger partial charge in [-0.25, -0.2) is 4.98 Å². The van der Waals surface area contributed by atoms with Gasteiger partial charge in [0.2, 0.25) is 0 Å². The van der Waals surface area contributed by atoms with Crippen LogP contribution in [0.25, 0.3) is 0 Å².